The van der Waals surface area contributed by atoms with Crippen LogP contribution in [0.4, 0.5) is 0 Å². The third-order valence-electron chi connectivity index (χ3n) is 4.99. The molecule has 1 amide bonds. The van der Waals surface area contributed by atoms with Gasteiger partial charge in [0.05, 0.1) is 18.7 Å². The number of Topliss-reactive ketones (excluding diaryl/α,β-unsaturated/α-hetero) is 1. The van der Waals surface area contributed by atoms with Gasteiger partial charge < -0.3 is 14.7 Å². The fourth-order valence-corrected chi connectivity index (χ4v) is 3.66. The Bertz CT molecular complexity index is 888. The van der Waals surface area contributed by atoms with Crippen LogP contribution in [0, 0.1) is 0 Å². The molecular formula is C23H25NO4. The molecule has 0 spiro atoms. The van der Waals surface area contributed by atoms with E-state index in [9.17, 15) is 14.7 Å². The number of hydrogen-bond donors (Lipinski definition) is 1. The maximum absolute atomic E-state index is 13.1. The number of para-hydroxylation sites is 1. The van der Waals surface area contributed by atoms with Crippen LogP contribution in [0.1, 0.15) is 36.9 Å². The summed E-state index contributed by atoms with van der Waals surface area (Å²) in [7, 11) is 1.56. The highest BCUT2D eigenvalue weighted by Crippen LogP contribution is 2.41. The van der Waals surface area contributed by atoms with Gasteiger partial charge in [0, 0.05) is 18.5 Å². The predicted octanol–water partition coefficient (Wildman–Crippen LogP) is 4.00. The minimum absolute atomic E-state index is 0.166. The smallest absolute Gasteiger partial charge is 0.290 e. The molecule has 1 heterocycles. The molecule has 0 saturated carbocycles. The van der Waals surface area contributed by atoms with Crippen LogP contribution in [0.15, 0.2) is 65.9 Å². The molecule has 0 fully saturated rings. The number of aliphatic hydroxyl groups is 1. The maximum atomic E-state index is 13.1. The number of aryl methyl sites for hydroxylation is 1. The van der Waals surface area contributed by atoms with Crippen molar-refractivity contribution in [3.05, 3.63) is 77.1 Å². The lowest BCUT2D eigenvalue weighted by Crippen LogP contribution is -2.32. The van der Waals surface area contributed by atoms with Crippen molar-refractivity contribution in [1.82, 2.24) is 4.90 Å². The van der Waals surface area contributed by atoms with Gasteiger partial charge in [-0.25, -0.2) is 0 Å². The number of benzene rings is 2. The monoisotopic (exact) mass is 379 g/mol. The van der Waals surface area contributed by atoms with E-state index < -0.39 is 17.7 Å². The van der Waals surface area contributed by atoms with Gasteiger partial charge in [-0.2, -0.15) is 0 Å². The standard InChI is InChI=1S/C23H25NO4/c1-3-15-24-21(17-11-7-8-12-19(17)28-2)20(22(26)23(24)27)18(25)14-13-16-9-5-4-6-10-16/h4-12,21,26H,3,13-15H2,1-2H3. The molecule has 1 aliphatic heterocycles. The Kier molecular flexibility index (Phi) is 6.14. The third-order valence-corrected chi connectivity index (χ3v) is 4.99. The number of rotatable bonds is 8. The number of nitrogens with zero attached hydrogens (tertiary/aromatic N) is 1. The molecule has 0 saturated heterocycles. The van der Waals surface area contributed by atoms with Gasteiger partial charge in [0.25, 0.3) is 5.91 Å². The van der Waals surface area contributed by atoms with Gasteiger partial charge in [-0.3, -0.25) is 9.59 Å². The number of methoxy groups -OCH3 is 1. The van der Waals surface area contributed by atoms with E-state index in [2.05, 4.69) is 0 Å². The van der Waals surface area contributed by atoms with Crippen LogP contribution in [-0.4, -0.2) is 35.4 Å². The molecule has 0 aliphatic carbocycles. The zero-order valence-corrected chi connectivity index (χ0v) is 16.2. The highest BCUT2D eigenvalue weighted by atomic mass is 16.5. The first-order valence-corrected chi connectivity index (χ1v) is 9.52. The van der Waals surface area contributed by atoms with E-state index in [1.54, 1.807) is 18.1 Å². The van der Waals surface area contributed by atoms with Crippen molar-refractivity contribution in [1.29, 1.82) is 0 Å². The summed E-state index contributed by atoms with van der Waals surface area (Å²) >= 11 is 0. The molecule has 1 N–H and O–H groups in total. The Hall–Kier alpha value is -3.08. The Morgan fingerprint density at radius 3 is 2.46 bits per heavy atom. The minimum Gasteiger partial charge on any atom is -0.503 e. The number of carbonyl (C=O) groups is 2. The molecule has 1 atom stereocenters. The van der Waals surface area contributed by atoms with E-state index in [1.165, 1.54) is 0 Å². The predicted molar refractivity (Wildman–Crippen MR) is 107 cm³/mol. The van der Waals surface area contributed by atoms with Crippen molar-refractivity contribution in [3.63, 3.8) is 0 Å². The second-order valence-corrected chi connectivity index (χ2v) is 6.81. The maximum Gasteiger partial charge on any atom is 0.290 e. The zero-order chi connectivity index (χ0) is 20.1. The van der Waals surface area contributed by atoms with Crippen LogP contribution >= 0.6 is 0 Å². The average Bonchev–Trinajstić information content (AvgIpc) is 2.98. The lowest BCUT2D eigenvalue weighted by atomic mass is 9.92. The lowest BCUT2D eigenvalue weighted by Gasteiger charge is -2.27. The van der Waals surface area contributed by atoms with E-state index in [0.29, 0.717) is 24.3 Å². The molecule has 0 bridgehead atoms. The van der Waals surface area contributed by atoms with E-state index in [0.717, 1.165) is 12.0 Å². The summed E-state index contributed by atoms with van der Waals surface area (Å²) in [4.78, 5) is 27.3. The second kappa shape index (κ2) is 8.74. The Morgan fingerprint density at radius 2 is 1.79 bits per heavy atom. The summed E-state index contributed by atoms with van der Waals surface area (Å²) in [5, 5.41) is 10.5. The average molecular weight is 379 g/mol. The molecule has 0 radical (unpaired) electrons. The Labute approximate surface area is 165 Å². The van der Waals surface area contributed by atoms with Gasteiger partial charge in [-0.15, -0.1) is 0 Å². The van der Waals surface area contributed by atoms with E-state index in [1.807, 2.05) is 55.5 Å². The number of ether oxygens (including phenoxy) is 1. The normalized spacial score (nSPS) is 16.6. The first-order chi connectivity index (χ1) is 13.6. The molecule has 28 heavy (non-hydrogen) atoms. The quantitative estimate of drug-likeness (QED) is 0.753. The van der Waals surface area contributed by atoms with Crippen LogP contribution < -0.4 is 4.74 Å². The number of carbonyl (C=O) groups excluding carboxylic acids is 2. The fraction of sp³-hybridized carbons (Fsp3) is 0.304. The lowest BCUT2D eigenvalue weighted by molar-refractivity contribution is -0.129. The van der Waals surface area contributed by atoms with Gasteiger partial charge in [0.1, 0.15) is 5.75 Å². The molecule has 3 rings (SSSR count). The molecule has 146 valence electrons. The summed E-state index contributed by atoms with van der Waals surface area (Å²) in [6.45, 7) is 2.40. The van der Waals surface area contributed by atoms with E-state index >= 15 is 0 Å². The van der Waals surface area contributed by atoms with Crippen LogP contribution in [0.5, 0.6) is 5.75 Å². The third kappa shape index (κ3) is 3.79. The van der Waals surface area contributed by atoms with Crippen LogP contribution in [0.25, 0.3) is 0 Å². The fourth-order valence-electron chi connectivity index (χ4n) is 3.66. The Balaban J connectivity index is 1.95. The van der Waals surface area contributed by atoms with Crippen molar-refractivity contribution >= 4 is 11.7 Å². The van der Waals surface area contributed by atoms with Gasteiger partial charge in [0.15, 0.2) is 11.5 Å². The topological polar surface area (TPSA) is 66.8 Å². The molecule has 1 unspecified atom stereocenters. The highest BCUT2D eigenvalue weighted by molar-refractivity contribution is 6.09. The molecule has 5 heteroatoms. The number of ketones is 1. The van der Waals surface area contributed by atoms with Gasteiger partial charge in [-0.1, -0.05) is 55.5 Å². The number of amides is 1. The minimum atomic E-state index is -0.633. The van der Waals surface area contributed by atoms with Crippen LogP contribution in [0.2, 0.25) is 0 Å². The van der Waals surface area contributed by atoms with E-state index in [-0.39, 0.29) is 17.8 Å². The van der Waals surface area contributed by atoms with E-state index in [4.69, 9.17) is 4.74 Å². The van der Waals surface area contributed by atoms with Crippen molar-refractivity contribution in [2.75, 3.05) is 13.7 Å². The first kappa shape index (κ1) is 19.7. The SMILES string of the molecule is CCCN1C(=O)C(O)=C(C(=O)CCc2ccccc2)C1c1ccccc1OC. The van der Waals surface area contributed by atoms with Gasteiger partial charge >= 0.3 is 0 Å². The zero-order valence-electron chi connectivity index (χ0n) is 16.2. The first-order valence-electron chi connectivity index (χ1n) is 9.52. The summed E-state index contributed by atoms with van der Waals surface area (Å²) in [5.41, 5.74) is 1.91. The van der Waals surface area contributed by atoms with Crippen molar-refractivity contribution in [2.24, 2.45) is 0 Å². The molecule has 0 aromatic heterocycles. The van der Waals surface area contributed by atoms with Gasteiger partial charge in [0.2, 0.25) is 0 Å². The molecule has 5 nitrogen and oxygen atoms in total. The summed E-state index contributed by atoms with van der Waals surface area (Å²) in [6.07, 6.45) is 1.50. The van der Waals surface area contributed by atoms with Crippen LogP contribution in [0.3, 0.4) is 0 Å². The number of aliphatic hydroxyl groups excluding tert-OH is 1. The van der Waals surface area contributed by atoms with Crippen LogP contribution in [-0.2, 0) is 16.0 Å². The highest BCUT2D eigenvalue weighted by Gasteiger charge is 2.43. The van der Waals surface area contributed by atoms with Crippen molar-refractivity contribution < 1.29 is 19.4 Å². The van der Waals surface area contributed by atoms with Crippen molar-refractivity contribution in [2.45, 2.75) is 32.2 Å². The summed E-state index contributed by atoms with van der Waals surface area (Å²) in [5.74, 6) is -0.572. The molecule has 2 aromatic rings. The Morgan fingerprint density at radius 1 is 1.11 bits per heavy atom. The molecule has 2 aromatic carbocycles. The van der Waals surface area contributed by atoms with Crippen molar-refractivity contribution in [3.8, 4) is 5.75 Å². The summed E-state index contributed by atoms with van der Waals surface area (Å²) in [6, 6.07) is 16.4. The second-order valence-electron chi connectivity index (χ2n) is 6.81. The summed E-state index contributed by atoms with van der Waals surface area (Å²) < 4.78 is 5.46. The molecule has 1 aliphatic rings. The molecular weight excluding hydrogens is 354 g/mol. The largest absolute Gasteiger partial charge is 0.503 e. The van der Waals surface area contributed by atoms with Gasteiger partial charge in [-0.05, 0) is 24.5 Å². The number of hydrogen-bond acceptors (Lipinski definition) is 4.